The number of benzene rings is 2. The Kier molecular flexibility index (Phi) is 4.88. The van der Waals surface area contributed by atoms with E-state index in [0.29, 0.717) is 29.8 Å². The molecule has 0 spiro atoms. The zero-order valence-corrected chi connectivity index (χ0v) is 14.8. The molecule has 130 valence electrons. The van der Waals surface area contributed by atoms with E-state index in [2.05, 4.69) is 41.4 Å². The third kappa shape index (κ3) is 3.74. The van der Waals surface area contributed by atoms with Gasteiger partial charge in [0.25, 0.3) is 0 Å². The van der Waals surface area contributed by atoms with Crippen molar-refractivity contribution in [3.63, 3.8) is 0 Å². The molecule has 0 bridgehead atoms. The highest BCUT2D eigenvalue weighted by molar-refractivity contribution is 5.60. The Morgan fingerprint density at radius 3 is 2.48 bits per heavy atom. The Morgan fingerprint density at radius 2 is 1.76 bits per heavy atom. The summed E-state index contributed by atoms with van der Waals surface area (Å²) in [6, 6.07) is 11.7. The molecule has 0 saturated heterocycles. The highest BCUT2D eigenvalue weighted by atomic mass is 16.5. The topological polar surface area (TPSA) is 69.4 Å². The van der Waals surface area contributed by atoms with Gasteiger partial charge in [-0.3, -0.25) is 0 Å². The average molecular weight is 339 g/mol. The van der Waals surface area contributed by atoms with Crippen molar-refractivity contribution in [2.75, 3.05) is 19.5 Å². The molecule has 0 aliphatic heterocycles. The summed E-state index contributed by atoms with van der Waals surface area (Å²) in [6.07, 6.45) is 0. The Bertz CT molecular complexity index is 874. The van der Waals surface area contributed by atoms with Crippen LogP contribution in [-0.2, 0) is 6.54 Å². The Balaban J connectivity index is 1.73. The van der Waals surface area contributed by atoms with Crippen LogP contribution < -0.4 is 14.8 Å². The van der Waals surface area contributed by atoms with Crippen LogP contribution in [0.25, 0.3) is 11.4 Å². The van der Waals surface area contributed by atoms with Gasteiger partial charge in [0.15, 0.2) is 11.5 Å². The molecule has 1 N–H and O–H groups in total. The molecule has 3 rings (SSSR count). The first-order valence-electron chi connectivity index (χ1n) is 7.97. The highest BCUT2D eigenvalue weighted by Gasteiger charge is 2.12. The number of aromatic nitrogens is 2. The molecule has 0 unspecified atom stereocenters. The minimum absolute atomic E-state index is 0.461. The largest absolute Gasteiger partial charge is 0.493 e. The second kappa shape index (κ2) is 7.25. The molecule has 0 fully saturated rings. The zero-order chi connectivity index (χ0) is 17.8. The van der Waals surface area contributed by atoms with Crippen LogP contribution in [0.4, 0.5) is 5.69 Å². The zero-order valence-electron chi connectivity index (χ0n) is 14.8. The van der Waals surface area contributed by atoms with Crippen molar-refractivity contribution in [3.8, 4) is 22.9 Å². The second-order valence-corrected chi connectivity index (χ2v) is 5.73. The number of methoxy groups -OCH3 is 2. The Labute approximate surface area is 146 Å². The molecule has 2 aromatic carbocycles. The number of hydrogen-bond donors (Lipinski definition) is 1. The van der Waals surface area contributed by atoms with Gasteiger partial charge in [-0.15, -0.1) is 0 Å². The lowest BCUT2D eigenvalue weighted by atomic mass is 10.1. The molecule has 6 nitrogen and oxygen atoms in total. The van der Waals surface area contributed by atoms with E-state index >= 15 is 0 Å². The number of nitrogens with zero attached hydrogens (tertiary/aromatic N) is 2. The van der Waals surface area contributed by atoms with Crippen molar-refractivity contribution in [2.24, 2.45) is 0 Å². The van der Waals surface area contributed by atoms with Crippen LogP contribution in [0, 0.1) is 13.8 Å². The third-order valence-corrected chi connectivity index (χ3v) is 4.06. The lowest BCUT2D eigenvalue weighted by Gasteiger charge is -2.07. The molecule has 25 heavy (non-hydrogen) atoms. The van der Waals surface area contributed by atoms with E-state index in [-0.39, 0.29) is 0 Å². The summed E-state index contributed by atoms with van der Waals surface area (Å²) in [5.74, 6) is 2.31. The number of aryl methyl sites for hydroxylation is 2. The number of rotatable bonds is 6. The standard InChI is InChI=1S/C19H21N3O3/c1-12-5-7-15(9-13(12)2)20-11-18-21-19(22-25-18)14-6-8-16(23-3)17(10-14)24-4/h5-10,20H,11H2,1-4H3. The van der Waals surface area contributed by atoms with Gasteiger partial charge in [0, 0.05) is 11.3 Å². The molecule has 0 aliphatic rings. The molecule has 0 amide bonds. The number of ether oxygens (including phenoxy) is 2. The predicted octanol–water partition coefficient (Wildman–Crippen LogP) is 3.98. The van der Waals surface area contributed by atoms with E-state index in [1.165, 1.54) is 11.1 Å². The second-order valence-electron chi connectivity index (χ2n) is 5.73. The number of nitrogens with one attached hydrogen (secondary N) is 1. The van der Waals surface area contributed by atoms with E-state index < -0.39 is 0 Å². The van der Waals surface area contributed by atoms with Crippen LogP contribution in [0.2, 0.25) is 0 Å². The maximum absolute atomic E-state index is 5.33. The first-order chi connectivity index (χ1) is 12.1. The molecular weight excluding hydrogens is 318 g/mol. The van der Waals surface area contributed by atoms with Gasteiger partial charge in [0.1, 0.15) is 0 Å². The SMILES string of the molecule is COc1ccc(-c2noc(CNc3ccc(C)c(C)c3)n2)cc1OC. The fourth-order valence-electron chi connectivity index (χ4n) is 2.45. The summed E-state index contributed by atoms with van der Waals surface area (Å²) in [6.45, 7) is 4.64. The van der Waals surface area contributed by atoms with Crippen LogP contribution in [0.5, 0.6) is 11.5 Å². The molecule has 0 aliphatic carbocycles. The van der Waals surface area contributed by atoms with Crippen molar-refractivity contribution >= 4 is 5.69 Å². The monoisotopic (exact) mass is 339 g/mol. The summed E-state index contributed by atoms with van der Waals surface area (Å²) in [5.41, 5.74) is 4.33. The Hall–Kier alpha value is -3.02. The lowest BCUT2D eigenvalue weighted by Crippen LogP contribution is -2.00. The summed E-state index contributed by atoms with van der Waals surface area (Å²) < 4.78 is 15.9. The molecule has 6 heteroatoms. The first kappa shape index (κ1) is 16.8. The molecule has 1 aromatic heterocycles. The third-order valence-electron chi connectivity index (χ3n) is 4.06. The van der Waals surface area contributed by atoms with Crippen LogP contribution in [0.1, 0.15) is 17.0 Å². The van der Waals surface area contributed by atoms with Crippen LogP contribution in [-0.4, -0.2) is 24.4 Å². The quantitative estimate of drug-likeness (QED) is 0.732. The number of anilines is 1. The van der Waals surface area contributed by atoms with Gasteiger partial charge in [-0.1, -0.05) is 11.2 Å². The van der Waals surface area contributed by atoms with Gasteiger partial charge in [-0.2, -0.15) is 4.98 Å². The highest BCUT2D eigenvalue weighted by Crippen LogP contribution is 2.31. The van der Waals surface area contributed by atoms with Crippen molar-refractivity contribution in [3.05, 3.63) is 53.4 Å². The van der Waals surface area contributed by atoms with Crippen molar-refractivity contribution in [1.82, 2.24) is 10.1 Å². The van der Waals surface area contributed by atoms with Crippen LogP contribution in [0.3, 0.4) is 0 Å². The summed E-state index contributed by atoms with van der Waals surface area (Å²) in [4.78, 5) is 4.43. The van der Waals surface area contributed by atoms with Crippen molar-refractivity contribution < 1.29 is 14.0 Å². The van der Waals surface area contributed by atoms with Crippen LogP contribution >= 0.6 is 0 Å². The maximum Gasteiger partial charge on any atom is 0.246 e. The Morgan fingerprint density at radius 1 is 0.960 bits per heavy atom. The fourth-order valence-corrected chi connectivity index (χ4v) is 2.45. The molecule has 0 saturated carbocycles. The molecule has 0 atom stereocenters. The van der Waals surface area contributed by atoms with E-state index in [1.807, 2.05) is 24.3 Å². The molecule has 3 aromatic rings. The smallest absolute Gasteiger partial charge is 0.246 e. The average Bonchev–Trinajstić information content (AvgIpc) is 3.11. The van der Waals surface area contributed by atoms with Gasteiger partial charge in [-0.25, -0.2) is 0 Å². The van der Waals surface area contributed by atoms with E-state index in [9.17, 15) is 0 Å². The normalized spacial score (nSPS) is 10.6. The number of hydrogen-bond acceptors (Lipinski definition) is 6. The minimum Gasteiger partial charge on any atom is -0.493 e. The summed E-state index contributed by atoms with van der Waals surface area (Å²) >= 11 is 0. The van der Waals surface area contributed by atoms with Gasteiger partial charge in [-0.05, 0) is 55.3 Å². The van der Waals surface area contributed by atoms with Gasteiger partial charge in [0.05, 0.1) is 20.8 Å². The van der Waals surface area contributed by atoms with E-state index in [1.54, 1.807) is 14.2 Å². The van der Waals surface area contributed by atoms with Crippen molar-refractivity contribution in [2.45, 2.75) is 20.4 Å². The fraction of sp³-hybridized carbons (Fsp3) is 0.263. The molecular formula is C19H21N3O3. The molecule has 0 radical (unpaired) electrons. The van der Waals surface area contributed by atoms with Crippen molar-refractivity contribution in [1.29, 1.82) is 0 Å². The summed E-state index contributed by atoms with van der Waals surface area (Å²) in [7, 11) is 3.19. The minimum atomic E-state index is 0.461. The van der Waals surface area contributed by atoms with Gasteiger partial charge < -0.3 is 19.3 Å². The summed E-state index contributed by atoms with van der Waals surface area (Å²) in [5, 5.41) is 7.33. The first-order valence-corrected chi connectivity index (χ1v) is 7.97. The van der Waals surface area contributed by atoms with Crippen LogP contribution in [0.15, 0.2) is 40.9 Å². The predicted molar refractivity (Wildman–Crippen MR) is 96.1 cm³/mol. The van der Waals surface area contributed by atoms with Gasteiger partial charge in [0.2, 0.25) is 11.7 Å². The van der Waals surface area contributed by atoms with E-state index in [4.69, 9.17) is 14.0 Å². The van der Waals surface area contributed by atoms with E-state index in [0.717, 1.165) is 11.3 Å². The molecule has 1 heterocycles. The maximum atomic E-state index is 5.33. The van der Waals surface area contributed by atoms with Gasteiger partial charge >= 0.3 is 0 Å². The lowest BCUT2D eigenvalue weighted by molar-refractivity contribution is 0.355.